The maximum atomic E-state index is 13.0. The molecule has 9 heteroatoms. The summed E-state index contributed by atoms with van der Waals surface area (Å²) in [6.07, 6.45) is 1.29. The van der Waals surface area contributed by atoms with Crippen LogP contribution in [0.25, 0.3) is 0 Å². The number of aryl methyl sites for hydroxylation is 1. The van der Waals surface area contributed by atoms with Gasteiger partial charge in [-0.05, 0) is 67.1 Å². The molecule has 0 heterocycles. The van der Waals surface area contributed by atoms with Gasteiger partial charge in [0.1, 0.15) is 5.82 Å². The number of carbonyl (C=O) groups excluding carboxylic acids is 1. The van der Waals surface area contributed by atoms with Crippen LogP contribution in [0.1, 0.15) is 21.5 Å². The van der Waals surface area contributed by atoms with Crippen LogP contribution in [-0.4, -0.2) is 27.7 Å². The molecule has 7 nitrogen and oxygen atoms in total. The Bertz CT molecular complexity index is 1210. The third-order valence-electron chi connectivity index (χ3n) is 4.19. The lowest BCUT2D eigenvalue weighted by Gasteiger charge is -2.10. The molecule has 0 aliphatic carbocycles. The van der Waals surface area contributed by atoms with Gasteiger partial charge >= 0.3 is 5.97 Å². The predicted octanol–water partition coefficient (Wildman–Crippen LogP) is 3.67. The van der Waals surface area contributed by atoms with E-state index in [2.05, 4.69) is 9.93 Å². The van der Waals surface area contributed by atoms with Crippen molar-refractivity contribution in [1.29, 1.82) is 0 Å². The summed E-state index contributed by atoms with van der Waals surface area (Å²) in [6.45, 7) is 1.86. The van der Waals surface area contributed by atoms with Gasteiger partial charge in [-0.25, -0.2) is 14.0 Å². The number of halogens is 1. The molecule has 3 aromatic carbocycles. The van der Waals surface area contributed by atoms with Crippen molar-refractivity contribution in [3.63, 3.8) is 0 Å². The summed E-state index contributed by atoms with van der Waals surface area (Å²) in [7, 11) is -2.40. The van der Waals surface area contributed by atoms with Crippen molar-refractivity contribution in [2.75, 3.05) is 7.11 Å². The summed E-state index contributed by atoms with van der Waals surface area (Å²) < 4.78 is 48.0. The zero-order valence-electron chi connectivity index (χ0n) is 16.7. The van der Waals surface area contributed by atoms with Crippen molar-refractivity contribution in [2.24, 2.45) is 5.10 Å². The number of sulfonamides is 1. The second-order valence-electron chi connectivity index (χ2n) is 6.47. The Morgan fingerprint density at radius 1 is 1.00 bits per heavy atom. The smallest absolute Gasteiger partial charge is 0.343 e. The quantitative estimate of drug-likeness (QED) is 0.261. The van der Waals surface area contributed by atoms with Crippen LogP contribution in [0.4, 0.5) is 4.39 Å². The van der Waals surface area contributed by atoms with Gasteiger partial charge in [-0.1, -0.05) is 17.7 Å². The predicted molar refractivity (Wildman–Crippen MR) is 113 cm³/mol. The van der Waals surface area contributed by atoms with Gasteiger partial charge in [-0.15, -0.1) is 0 Å². The summed E-state index contributed by atoms with van der Waals surface area (Å²) in [5.41, 5.74) is 1.62. The van der Waals surface area contributed by atoms with Gasteiger partial charge in [-0.2, -0.15) is 13.5 Å². The van der Waals surface area contributed by atoms with E-state index < -0.39 is 21.8 Å². The first-order chi connectivity index (χ1) is 14.8. The Morgan fingerprint density at radius 3 is 2.32 bits per heavy atom. The van der Waals surface area contributed by atoms with Crippen LogP contribution in [0.5, 0.6) is 11.5 Å². The Balaban J connectivity index is 1.71. The number of rotatable bonds is 7. The molecule has 0 radical (unpaired) electrons. The Morgan fingerprint density at radius 2 is 1.68 bits per heavy atom. The number of esters is 1. The summed E-state index contributed by atoms with van der Waals surface area (Å²) in [5, 5.41) is 3.77. The van der Waals surface area contributed by atoms with Crippen LogP contribution in [0.2, 0.25) is 0 Å². The molecule has 0 atom stereocenters. The minimum atomic E-state index is -3.80. The van der Waals surface area contributed by atoms with Crippen molar-refractivity contribution in [2.45, 2.75) is 11.8 Å². The molecule has 3 aromatic rings. The fourth-order valence-corrected chi connectivity index (χ4v) is 3.33. The van der Waals surface area contributed by atoms with Crippen molar-refractivity contribution in [1.82, 2.24) is 4.83 Å². The fraction of sp³-hybridized carbons (Fsp3) is 0.0909. The minimum Gasteiger partial charge on any atom is -0.493 e. The zero-order chi connectivity index (χ0) is 22.4. The standard InChI is InChI=1S/C22H19FN2O5S/c1-15-3-10-19(11-4-15)31(27,28)25-24-14-16-5-12-20(21(13-16)29-2)30-22(26)17-6-8-18(23)9-7-17/h3-14,25H,1-2H3/b24-14+. The molecule has 0 aliphatic rings. The average molecular weight is 442 g/mol. The minimum absolute atomic E-state index is 0.0934. The van der Waals surface area contributed by atoms with Crippen molar-refractivity contribution in [3.05, 3.63) is 89.2 Å². The van der Waals surface area contributed by atoms with Gasteiger partial charge in [0.25, 0.3) is 10.0 Å². The first kappa shape index (κ1) is 22.0. The molecule has 0 amide bonds. The molecule has 0 unspecified atom stereocenters. The van der Waals surface area contributed by atoms with E-state index in [4.69, 9.17) is 9.47 Å². The molecule has 1 N–H and O–H groups in total. The van der Waals surface area contributed by atoms with Crippen molar-refractivity contribution >= 4 is 22.2 Å². The van der Waals surface area contributed by atoms with E-state index in [1.807, 2.05) is 6.92 Å². The second kappa shape index (κ2) is 9.40. The number of carbonyl (C=O) groups is 1. The number of nitrogens with one attached hydrogen (secondary N) is 1. The average Bonchev–Trinajstić information content (AvgIpc) is 2.75. The lowest BCUT2D eigenvalue weighted by Crippen LogP contribution is -2.18. The van der Waals surface area contributed by atoms with Crippen LogP contribution in [-0.2, 0) is 10.0 Å². The van der Waals surface area contributed by atoms with Crippen LogP contribution < -0.4 is 14.3 Å². The number of hydrazone groups is 1. The van der Waals surface area contributed by atoms with Gasteiger partial charge in [0, 0.05) is 0 Å². The second-order valence-corrected chi connectivity index (χ2v) is 8.13. The monoisotopic (exact) mass is 442 g/mol. The molecular weight excluding hydrogens is 423 g/mol. The van der Waals surface area contributed by atoms with Gasteiger partial charge in [-0.3, -0.25) is 0 Å². The number of hydrogen-bond donors (Lipinski definition) is 1. The molecule has 3 rings (SSSR count). The normalized spacial score (nSPS) is 11.3. The molecule has 0 aromatic heterocycles. The number of methoxy groups -OCH3 is 1. The highest BCUT2D eigenvalue weighted by atomic mass is 32.2. The first-order valence-electron chi connectivity index (χ1n) is 9.06. The number of ether oxygens (including phenoxy) is 2. The molecule has 0 saturated carbocycles. The van der Waals surface area contributed by atoms with Crippen LogP contribution in [0.3, 0.4) is 0 Å². The zero-order valence-corrected chi connectivity index (χ0v) is 17.5. The van der Waals surface area contributed by atoms with Crippen LogP contribution in [0.15, 0.2) is 76.7 Å². The molecule has 0 aliphatic heterocycles. The Kier molecular flexibility index (Phi) is 6.66. The highest BCUT2D eigenvalue weighted by Gasteiger charge is 2.14. The summed E-state index contributed by atoms with van der Waals surface area (Å²) in [4.78, 5) is 14.4. The first-order valence-corrected chi connectivity index (χ1v) is 10.5. The number of benzene rings is 3. The summed E-state index contributed by atoms with van der Waals surface area (Å²) in [6, 6.07) is 15.9. The van der Waals surface area contributed by atoms with Crippen LogP contribution in [0, 0.1) is 12.7 Å². The molecule has 160 valence electrons. The van der Waals surface area contributed by atoms with E-state index >= 15 is 0 Å². The largest absolute Gasteiger partial charge is 0.493 e. The van der Waals surface area contributed by atoms with E-state index in [9.17, 15) is 17.6 Å². The van der Waals surface area contributed by atoms with E-state index in [1.54, 1.807) is 18.2 Å². The highest BCUT2D eigenvalue weighted by molar-refractivity contribution is 7.89. The van der Waals surface area contributed by atoms with Gasteiger partial charge in [0.15, 0.2) is 11.5 Å². The lowest BCUT2D eigenvalue weighted by atomic mass is 10.2. The Labute approximate surface area is 179 Å². The Hall–Kier alpha value is -3.72. The molecule has 0 spiro atoms. The molecule has 31 heavy (non-hydrogen) atoms. The lowest BCUT2D eigenvalue weighted by molar-refractivity contribution is 0.0729. The van der Waals surface area contributed by atoms with Crippen molar-refractivity contribution in [3.8, 4) is 11.5 Å². The van der Waals surface area contributed by atoms with E-state index in [0.29, 0.717) is 5.56 Å². The molecular formula is C22H19FN2O5S. The summed E-state index contributed by atoms with van der Waals surface area (Å²) in [5.74, 6) is -0.753. The SMILES string of the molecule is COc1cc(/C=N/NS(=O)(=O)c2ccc(C)cc2)ccc1OC(=O)c1ccc(F)cc1. The van der Waals surface area contributed by atoms with Gasteiger partial charge < -0.3 is 9.47 Å². The van der Waals surface area contributed by atoms with Gasteiger partial charge in [0.2, 0.25) is 0 Å². The maximum absolute atomic E-state index is 13.0. The third-order valence-corrected chi connectivity index (χ3v) is 5.43. The molecule has 0 bridgehead atoms. The highest BCUT2D eigenvalue weighted by Crippen LogP contribution is 2.28. The third kappa shape index (κ3) is 5.67. The number of hydrogen-bond acceptors (Lipinski definition) is 6. The van der Waals surface area contributed by atoms with Crippen LogP contribution >= 0.6 is 0 Å². The molecule has 0 saturated heterocycles. The number of nitrogens with zero attached hydrogens (tertiary/aromatic N) is 1. The fourth-order valence-electron chi connectivity index (χ4n) is 2.53. The maximum Gasteiger partial charge on any atom is 0.343 e. The topological polar surface area (TPSA) is 94.1 Å². The van der Waals surface area contributed by atoms with E-state index in [0.717, 1.165) is 17.7 Å². The molecule has 0 fully saturated rings. The van der Waals surface area contributed by atoms with Crippen molar-refractivity contribution < 1.29 is 27.1 Å². The van der Waals surface area contributed by atoms with E-state index in [1.165, 1.54) is 49.7 Å². The van der Waals surface area contributed by atoms with Gasteiger partial charge in [0.05, 0.1) is 23.8 Å². The van der Waals surface area contributed by atoms with E-state index in [-0.39, 0.29) is 22.0 Å². The summed E-state index contributed by atoms with van der Waals surface area (Å²) >= 11 is 0.